The van der Waals surface area contributed by atoms with E-state index in [9.17, 15) is 4.79 Å². The molecule has 0 unspecified atom stereocenters. The van der Waals surface area contributed by atoms with E-state index >= 15 is 0 Å². The van der Waals surface area contributed by atoms with Crippen molar-refractivity contribution in [3.63, 3.8) is 0 Å². The standard InChI is InChI=1S/C13H13NO2S/c14-11(7-13(15)16)12-6-10(8-17-12)9-4-2-1-3-5-9/h1-6,8,11H,7,14H2,(H,15,16)/t11-/m1/s1. The van der Waals surface area contributed by atoms with E-state index in [0.29, 0.717) is 0 Å². The Hall–Kier alpha value is -1.65. The Morgan fingerprint density at radius 1 is 1.29 bits per heavy atom. The molecule has 1 aromatic carbocycles. The Labute approximate surface area is 104 Å². The number of rotatable bonds is 4. The third-order valence-electron chi connectivity index (χ3n) is 2.49. The average molecular weight is 247 g/mol. The molecule has 2 rings (SSSR count). The fourth-order valence-corrected chi connectivity index (χ4v) is 2.54. The molecule has 0 saturated heterocycles. The van der Waals surface area contributed by atoms with Crippen LogP contribution in [0.2, 0.25) is 0 Å². The zero-order valence-electron chi connectivity index (χ0n) is 9.17. The highest BCUT2D eigenvalue weighted by molar-refractivity contribution is 7.10. The first kappa shape index (κ1) is 11.8. The van der Waals surface area contributed by atoms with Gasteiger partial charge in [-0.2, -0.15) is 0 Å². The molecule has 0 aliphatic rings. The van der Waals surface area contributed by atoms with Crippen LogP contribution in [0.25, 0.3) is 11.1 Å². The summed E-state index contributed by atoms with van der Waals surface area (Å²) in [5.41, 5.74) is 8.03. The van der Waals surface area contributed by atoms with E-state index in [-0.39, 0.29) is 6.42 Å². The minimum absolute atomic E-state index is 0.0330. The summed E-state index contributed by atoms with van der Waals surface area (Å²) in [4.78, 5) is 11.5. The highest BCUT2D eigenvalue weighted by Gasteiger charge is 2.13. The summed E-state index contributed by atoms with van der Waals surface area (Å²) in [5, 5.41) is 10.7. The molecule has 0 aliphatic heterocycles. The lowest BCUT2D eigenvalue weighted by molar-refractivity contribution is -0.137. The number of nitrogens with two attached hydrogens (primary N) is 1. The zero-order valence-corrected chi connectivity index (χ0v) is 9.98. The van der Waals surface area contributed by atoms with Crippen molar-refractivity contribution in [3.8, 4) is 11.1 Å². The van der Waals surface area contributed by atoms with Crippen LogP contribution in [-0.2, 0) is 4.79 Å². The number of carboxylic acid groups (broad SMARTS) is 1. The minimum atomic E-state index is -0.868. The molecule has 0 spiro atoms. The number of benzene rings is 1. The van der Waals surface area contributed by atoms with Crippen molar-refractivity contribution < 1.29 is 9.90 Å². The number of hydrogen-bond donors (Lipinski definition) is 2. The molecule has 1 atom stereocenters. The lowest BCUT2D eigenvalue weighted by Gasteiger charge is -2.04. The molecule has 3 N–H and O–H groups in total. The van der Waals surface area contributed by atoms with Crippen molar-refractivity contribution in [2.75, 3.05) is 0 Å². The predicted molar refractivity (Wildman–Crippen MR) is 68.9 cm³/mol. The summed E-state index contributed by atoms with van der Waals surface area (Å²) in [5.74, 6) is -0.868. The molecule has 0 saturated carbocycles. The minimum Gasteiger partial charge on any atom is -0.481 e. The largest absolute Gasteiger partial charge is 0.481 e. The lowest BCUT2D eigenvalue weighted by atomic mass is 10.1. The van der Waals surface area contributed by atoms with Gasteiger partial charge < -0.3 is 10.8 Å². The van der Waals surface area contributed by atoms with Gasteiger partial charge in [0.05, 0.1) is 6.42 Å². The average Bonchev–Trinajstić information content (AvgIpc) is 2.78. The molecule has 4 heteroatoms. The summed E-state index contributed by atoms with van der Waals surface area (Å²) >= 11 is 1.51. The number of carboxylic acids is 1. The van der Waals surface area contributed by atoms with Crippen molar-refractivity contribution in [2.45, 2.75) is 12.5 Å². The van der Waals surface area contributed by atoms with Gasteiger partial charge in [0.25, 0.3) is 0 Å². The van der Waals surface area contributed by atoms with Crippen molar-refractivity contribution in [3.05, 3.63) is 46.7 Å². The van der Waals surface area contributed by atoms with Crippen LogP contribution in [0.15, 0.2) is 41.8 Å². The number of thiophene rings is 1. The van der Waals surface area contributed by atoms with Crippen LogP contribution in [0.3, 0.4) is 0 Å². The van der Waals surface area contributed by atoms with E-state index in [2.05, 4.69) is 0 Å². The molecule has 88 valence electrons. The van der Waals surface area contributed by atoms with Gasteiger partial charge in [-0.15, -0.1) is 11.3 Å². The Kier molecular flexibility index (Phi) is 3.56. The predicted octanol–water partition coefficient (Wildman–Crippen LogP) is 2.89. The second-order valence-corrected chi connectivity index (χ2v) is 4.75. The number of carbonyl (C=O) groups is 1. The van der Waals surface area contributed by atoms with Gasteiger partial charge in [-0.05, 0) is 22.6 Å². The first-order valence-electron chi connectivity index (χ1n) is 5.28. The third kappa shape index (κ3) is 2.93. The molecule has 1 aromatic heterocycles. The Balaban J connectivity index is 2.19. The molecule has 17 heavy (non-hydrogen) atoms. The van der Waals surface area contributed by atoms with Crippen LogP contribution in [0.1, 0.15) is 17.3 Å². The maximum Gasteiger partial charge on any atom is 0.305 e. The first-order valence-corrected chi connectivity index (χ1v) is 6.16. The van der Waals surface area contributed by atoms with Gasteiger partial charge in [0.15, 0.2) is 0 Å². The summed E-state index contributed by atoms with van der Waals surface area (Å²) in [6, 6.07) is 11.5. The quantitative estimate of drug-likeness (QED) is 0.873. The Morgan fingerprint density at radius 2 is 2.00 bits per heavy atom. The fourth-order valence-electron chi connectivity index (χ4n) is 1.62. The van der Waals surface area contributed by atoms with Crippen molar-refractivity contribution in [2.24, 2.45) is 5.73 Å². The van der Waals surface area contributed by atoms with E-state index in [1.54, 1.807) is 0 Å². The van der Waals surface area contributed by atoms with Gasteiger partial charge in [-0.25, -0.2) is 0 Å². The van der Waals surface area contributed by atoms with Crippen molar-refractivity contribution in [1.29, 1.82) is 0 Å². The fraction of sp³-hybridized carbons (Fsp3) is 0.154. The van der Waals surface area contributed by atoms with Gasteiger partial charge >= 0.3 is 5.97 Å². The summed E-state index contributed by atoms with van der Waals surface area (Å²) in [6.07, 6.45) is -0.0330. The topological polar surface area (TPSA) is 63.3 Å². The molecular weight excluding hydrogens is 234 g/mol. The van der Waals surface area contributed by atoms with Crippen molar-refractivity contribution >= 4 is 17.3 Å². The molecule has 0 radical (unpaired) electrons. The molecule has 0 bridgehead atoms. The van der Waals surface area contributed by atoms with Gasteiger partial charge in [-0.1, -0.05) is 30.3 Å². The van der Waals surface area contributed by atoms with Crippen LogP contribution in [0, 0.1) is 0 Å². The molecule has 0 fully saturated rings. The summed E-state index contributed by atoms with van der Waals surface area (Å²) in [7, 11) is 0. The molecule has 0 amide bonds. The lowest BCUT2D eigenvalue weighted by Crippen LogP contribution is -2.13. The SMILES string of the molecule is N[C@H](CC(=O)O)c1cc(-c2ccccc2)cs1. The second-order valence-electron chi connectivity index (χ2n) is 3.81. The summed E-state index contributed by atoms with van der Waals surface area (Å²) < 4.78 is 0. The maximum atomic E-state index is 10.6. The van der Waals surface area contributed by atoms with E-state index < -0.39 is 12.0 Å². The summed E-state index contributed by atoms with van der Waals surface area (Å²) in [6.45, 7) is 0. The third-order valence-corrected chi connectivity index (χ3v) is 3.55. The van der Waals surface area contributed by atoms with E-state index in [1.807, 2.05) is 41.8 Å². The van der Waals surface area contributed by atoms with Gasteiger partial charge in [0.1, 0.15) is 0 Å². The number of aliphatic carboxylic acids is 1. The Morgan fingerprint density at radius 3 is 2.65 bits per heavy atom. The van der Waals surface area contributed by atoms with Gasteiger partial charge in [-0.3, -0.25) is 4.79 Å². The van der Waals surface area contributed by atoms with Gasteiger partial charge in [0.2, 0.25) is 0 Å². The van der Waals surface area contributed by atoms with Crippen LogP contribution in [-0.4, -0.2) is 11.1 Å². The highest BCUT2D eigenvalue weighted by Crippen LogP contribution is 2.29. The van der Waals surface area contributed by atoms with E-state index in [0.717, 1.165) is 16.0 Å². The van der Waals surface area contributed by atoms with Gasteiger partial charge in [0, 0.05) is 10.9 Å². The van der Waals surface area contributed by atoms with Crippen LogP contribution in [0.5, 0.6) is 0 Å². The Bertz CT molecular complexity index is 507. The molecule has 2 aromatic rings. The number of hydrogen-bond acceptors (Lipinski definition) is 3. The maximum absolute atomic E-state index is 10.6. The smallest absolute Gasteiger partial charge is 0.305 e. The normalized spacial score (nSPS) is 12.3. The van der Waals surface area contributed by atoms with E-state index in [1.165, 1.54) is 11.3 Å². The van der Waals surface area contributed by atoms with Crippen molar-refractivity contribution in [1.82, 2.24) is 0 Å². The highest BCUT2D eigenvalue weighted by atomic mass is 32.1. The molecule has 1 heterocycles. The molecule has 3 nitrogen and oxygen atoms in total. The van der Waals surface area contributed by atoms with Crippen LogP contribution in [0.4, 0.5) is 0 Å². The molecular formula is C13H13NO2S. The van der Waals surface area contributed by atoms with E-state index in [4.69, 9.17) is 10.8 Å². The second kappa shape index (κ2) is 5.12. The zero-order chi connectivity index (χ0) is 12.3. The van der Waals surface area contributed by atoms with Crippen LogP contribution >= 0.6 is 11.3 Å². The molecule has 0 aliphatic carbocycles. The van der Waals surface area contributed by atoms with Crippen LogP contribution < -0.4 is 5.73 Å². The first-order chi connectivity index (χ1) is 8.16. The monoisotopic (exact) mass is 247 g/mol.